The van der Waals surface area contributed by atoms with Gasteiger partial charge in [-0.25, -0.2) is 4.79 Å². The molecule has 0 aromatic rings. The first kappa shape index (κ1) is 21.5. The average molecular weight is 368 g/mol. The molecule has 0 spiro atoms. The van der Waals surface area contributed by atoms with E-state index in [4.69, 9.17) is 10.5 Å². The Balaban J connectivity index is 2.61. The van der Waals surface area contributed by atoms with Gasteiger partial charge in [-0.1, -0.05) is 6.08 Å². The molecule has 0 aromatic carbocycles. The molecule has 4 amide bonds. The molecule has 1 rings (SSSR count). The van der Waals surface area contributed by atoms with E-state index in [-0.39, 0.29) is 13.0 Å². The van der Waals surface area contributed by atoms with E-state index in [2.05, 4.69) is 17.2 Å². The van der Waals surface area contributed by atoms with Crippen LogP contribution in [0.15, 0.2) is 12.7 Å². The van der Waals surface area contributed by atoms with Gasteiger partial charge in [0.05, 0.1) is 0 Å². The summed E-state index contributed by atoms with van der Waals surface area (Å²) in [4.78, 5) is 49.2. The minimum atomic E-state index is -0.863. The van der Waals surface area contributed by atoms with Crippen molar-refractivity contribution in [2.24, 2.45) is 5.73 Å². The minimum absolute atomic E-state index is 0.210. The number of ether oxygens (including phenoxy) is 1. The monoisotopic (exact) mass is 368 g/mol. The van der Waals surface area contributed by atoms with Crippen LogP contribution >= 0.6 is 0 Å². The molecule has 1 heterocycles. The van der Waals surface area contributed by atoms with Gasteiger partial charge >= 0.3 is 6.09 Å². The molecule has 1 fully saturated rings. The Kier molecular flexibility index (Phi) is 7.60. The topological polar surface area (TPSA) is 131 Å². The van der Waals surface area contributed by atoms with Gasteiger partial charge < -0.3 is 26.0 Å². The van der Waals surface area contributed by atoms with Gasteiger partial charge in [0.25, 0.3) is 0 Å². The van der Waals surface area contributed by atoms with E-state index in [1.165, 1.54) is 11.0 Å². The van der Waals surface area contributed by atoms with Crippen molar-refractivity contribution < 1.29 is 23.9 Å². The highest BCUT2D eigenvalue weighted by Crippen LogP contribution is 2.18. The maximum Gasteiger partial charge on any atom is 0.408 e. The van der Waals surface area contributed by atoms with Gasteiger partial charge in [-0.15, -0.1) is 6.58 Å². The lowest BCUT2D eigenvalue weighted by Crippen LogP contribution is -2.53. The second-order valence-corrected chi connectivity index (χ2v) is 7.09. The summed E-state index contributed by atoms with van der Waals surface area (Å²) in [6.07, 6.45) is 2.12. The second-order valence-electron chi connectivity index (χ2n) is 7.09. The molecule has 2 unspecified atom stereocenters. The van der Waals surface area contributed by atoms with Crippen LogP contribution in [-0.2, 0) is 19.1 Å². The first-order valence-electron chi connectivity index (χ1n) is 8.52. The third kappa shape index (κ3) is 6.73. The normalized spacial score (nSPS) is 18.0. The quantitative estimate of drug-likeness (QED) is 0.547. The van der Waals surface area contributed by atoms with E-state index in [0.717, 1.165) is 0 Å². The molecule has 1 aliphatic rings. The molecule has 0 radical (unpaired) electrons. The Morgan fingerprint density at radius 3 is 2.54 bits per heavy atom. The Hall–Kier alpha value is -2.58. The SMILES string of the molecule is C=CCC(NC(=O)C1CCCN1C(=O)CNC(=O)OC(C)(C)C)C(N)=O. The maximum absolute atomic E-state index is 12.4. The van der Waals surface area contributed by atoms with Crippen LogP contribution in [0.5, 0.6) is 0 Å². The van der Waals surface area contributed by atoms with Gasteiger partial charge in [-0.2, -0.15) is 0 Å². The number of amides is 4. The number of nitrogens with two attached hydrogens (primary N) is 1. The van der Waals surface area contributed by atoms with E-state index >= 15 is 0 Å². The molecular weight excluding hydrogens is 340 g/mol. The van der Waals surface area contributed by atoms with Gasteiger partial charge in [0.1, 0.15) is 24.2 Å². The van der Waals surface area contributed by atoms with Crippen LogP contribution in [0.25, 0.3) is 0 Å². The standard InChI is InChI=1S/C17H28N4O5/c1-5-7-11(14(18)23)20-15(24)12-8-6-9-21(12)13(22)10-19-16(25)26-17(2,3)4/h5,11-12H,1,6-10H2,2-4H3,(H2,18,23)(H,19,25)(H,20,24). The Morgan fingerprint density at radius 2 is 2.00 bits per heavy atom. The second kappa shape index (κ2) is 9.21. The zero-order valence-corrected chi connectivity index (χ0v) is 15.5. The number of carbonyl (C=O) groups excluding carboxylic acids is 4. The lowest BCUT2D eigenvalue weighted by atomic mass is 10.1. The zero-order chi connectivity index (χ0) is 19.9. The highest BCUT2D eigenvalue weighted by atomic mass is 16.6. The number of nitrogens with zero attached hydrogens (tertiary/aromatic N) is 1. The summed E-state index contributed by atoms with van der Waals surface area (Å²) in [7, 11) is 0. The molecule has 2 atom stereocenters. The van der Waals surface area contributed by atoms with Crippen LogP contribution in [0.4, 0.5) is 4.79 Å². The summed E-state index contributed by atoms with van der Waals surface area (Å²) in [5.74, 6) is -1.51. The fourth-order valence-electron chi connectivity index (χ4n) is 2.58. The van der Waals surface area contributed by atoms with E-state index in [1.807, 2.05) is 0 Å². The molecule has 9 heteroatoms. The lowest BCUT2D eigenvalue weighted by Gasteiger charge is -2.26. The fraction of sp³-hybridized carbons (Fsp3) is 0.647. The predicted molar refractivity (Wildman–Crippen MR) is 94.9 cm³/mol. The van der Waals surface area contributed by atoms with Gasteiger partial charge in [0.2, 0.25) is 17.7 Å². The van der Waals surface area contributed by atoms with E-state index in [9.17, 15) is 19.2 Å². The fourth-order valence-corrected chi connectivity index (χ4v) is 2.58. The number of likely N-dealkylation sites (tertiary alicyclic amines) is 1. The number of primary amides is 1. The number of rotatable bonds is 7. The summed E-state index contributed by atoms with van der Waals surface area (Å²) in [6.45, 7) is 8.79. The van der Waals surface area contributed by atoms with Crippen molar-refractivity contribution in [2.75, 3.05) is 13.1 Å². The van der Waals surface area contributed by atoms with Crippen molar-refractivity contribution >= 4 is 23.8 Å². The smallest absolute Gasteiger partial charge is 0.408 e. The van der Waals surface area contributed by atoms with Crippen LogP contribution in [0, 0.1) is 0 Å². The molecular formula is C17H28N4O5. The molecule has 26 heavy (non-hydrogen) atoms. The van der Waals surface area contributed by atoms with Crippen molar-refractivity contribution in [1.82, 2.24) is 15.5 Å². The summed E-state index contributed by atoms with van der Waals surface area (Å²) >= 11 is 0. The molecule has 0 bridgehead atoms. The van der Waals surface area contributed by atoms with Crippen LogP contribution in [0.1, 0.15) is 40.0 Å². The first-order valence-corrected chi connectivity index (χ1v) is 8.52. The van der Waals surface area contributed by atoms with E-state index < -0.39 is 41.5 Å². The predicted octanol–water partition coefficient (Wildman–Crippen LogP) is 0.0483. The zero-order valence-electron chi connectivity index (χ0n) is 15.5. The van der Waals surface area contributed by atoms with Gasteiger partial charge in [-0.3, -0.25) is 14.4 Å². The third-order valence-electron chi connectivity index (χ3n) is 3.72. The number of carbonyl (C=O) groups is 4. The minimum Gasteiger partial charge on any atom is -0.444 e. The Labute approximate surface area is 153 Å². The highest BCUT2D eigenvalue weighted by molar-refractivity contribution is 5.93. The van der Waals surface area contributed by atoms with Crippen molar-refractivity contribution in [3.63, 3.8) is 0 Å². The van der Waals surface area contributed by atoms with E-state index in [1.54, 1.807) is 20.8 Å². The van der Waals surface area contributed by atoms with Gasteiger partial charge in [0.15, 0.2) is 0 Å². The van der Waals surface area contributed by atoms with Crippen LogP contribution in [0.3, 0.4) is 0 Å². The van der Waals surface area contributed by atoms with Gasteiger partial charge in [-0.05, 0) is 40.0 Å². The van der Waals surface area contributed by atoms with Crippen molar-refractivity contribution in [1.29, 1.82) is 0 Å². The number of nitrogens with one attached hydrogen (secondary N) is 2. The summed E-state index contributed by atoms with van der Waals surface area (Å²) in [5.41, 5.74) is 4.58. The molecule has 1 saturated heterocycles. The molecule has 0 saturated carbocycles. The molecule has 146 valence electrons. The number of alkyl carbamates (subject to hydrolysis) is 1. The molecule has 1 aliphatic heterocycles. The largest absolute Gasteiger partial charge is 0.444 e. The summed E-state index contributed by atoms with van der Waals surface area (Å²) in [5, 5.41) is 4.93. The number of hydrogen-bond acceptors (Lipinski definition) is 5. The van der Waals surface area contributed by atoms with Crippen molar-refractivity contribution in [3.8, 4) is 0 Å². The molecule has 9 nitrogen and oxygen atoms in total. The van der Waals surface area contributed by atoms with Crippen molar-refractivity contribution in [2.45, 2.75) is 57.7 Å². The third-order valence-corrected chi connectivity index (χ3v) is 3.72. The Morgan fingerprint density at radius 1 is 1.35 bits per heavy atom. The van der Waals surface area contributed by atoms with Gasteiger partial charge in [0, 0.05) is 6.54 Å². The molecule has 0 aromatic heterocycles. The van der Waals surface area contributed by atoms with Crippen LogP contribution in [0.2, 0.25) is 0 Å². The highest BCUT2D eigenvalue weighted by Gasteiger charge is 2.35. The van der Waals surface area contributed by atoms with Crippen molar-refractivity contribution in [3.05, 3.63) is 12.7 Å². The maximum atomic E-state index is 12.4. The summed E-state index contributed by atoms with van der Waals surface area (Å²) in [6, 6.07) is -1.56. The van der Waals surface area contributed by atoms with E-state index in [0.29, 0.717) is 19.4 Å². The molecule has 0 aliphatic carbocycles. The van der Waals surface area contributed by atoms with Crippen LogP contribution < -0.4 is 16.4 Å². The van der Waals surface area contributed by atoms with Crippen LogP contribution in [-0.4, -0.2) is 59.5 Å². The molecule has 4 N–H and O–H groups in total. The average Bonchev–Trinajstić information content (AvgIpc) is 3.00. The summed E-state index contributed by atoms with van der Waals surface area (Å²) < 4.78 is 5.07. The first-order chi connectivity index (χ1) is 12.0. The number of hydrogen-bond donors (Lipinski definition) is 3. The Bertz CT molecular complexity index is 570. The lowest BCUT2D eigenvalue weighted by molar-refractivity contribution is -0.138.